The summed E-state index contributed by atoms with van der Waals surface area (Å²) in [5, 5.41) is 3.04. The fraction of sp³-hybridized carbons (Fsp3) is 0.480. The molecule has 0 bridgehead atoms. The predicted molar refractivity (Wildman–Crippen MR) is 122 cm³/mol. The number of methoxy groups -OCH3 is 1. The van der Waals surface area contributed by atoms with Crippen molar-refractivity contribution in [1.82, 2.24) is 20.1 Å². The summed E-state index contributed by atoms with van der Waals surface area (Å²) in [7, 11) is 1.50. The maximum absolute atomic E-state index is 14.6. The zero-order valence-corrected chi connectivity index (χ0v) is 19.1. The molecular formula is C25H31FN4O3. The molecule has 7 nitrogen and oxygen atoms in total. The molecule has 8 heteroatoms. The van der Waals surface area contributed by atoms with E-state index < -0.39 is 5.54 Å². The summed E-state index contributed by atoms with van der Waals surface area (Å²) >= 11 is 0. The Bertz CT molecular complexity index is 979. The van der Waals surface area contributed by atoms with E-state index in [1.807, 2.05) is 17.2 Å². The summed E-state index contributed by atoms with van der Waals surface area (Å²) in [4.78, 5) is 33.4. The number of piperazine rings is 1. The van der Waals surface area contributed by atoms with E-state index in [1.165, 1.54) is 18.7 Å². The quantitative estimate of drug-likeness (QED) is 0.664. The Morgan fingerprint density at radius 2 is 2.06 bits per heavy atom. The maximum Gasteiger partial charge on any atom is 0.222 e. The van der Waals surface area contributed by atoms with Crippen LogP contribution in [0.4, 0.5) is 4.39 Å². The zero-order valence-electron chi connectivity index (χ0n) is 19.1. The van der Waals surface area contributed by atoms with Crippen LogP contribution in [0.5, 0.6) is 5.75 Å². The number of nitrogens with zero attached hydrogens (tertiary/aromatic N) is 3. The second-order valence-corrected chi connectivity index (χ2v) is 8.98. The van der Waals surface area contributed by atoms with Crippen molar-refractivity contribution in [1.29, 1.82) is 0 Å². The van der Waals surface area contributed by atoms with Crippen molar-refractivity contribution in [2.24, 2.45) is 0 Å². The highest BCUT2D eigenvalue weighted by atomic mass is 19.1. The number of nitrogens with one attached hydrogen (secondary N) is 1. The fourth-order valence-corrected chi connectivity index (χ4v) is 4.75. The van der Waals surface area contributed by atoms with Crippen LogP contribution in [0.2, 0.25) is 0 Å². The average molecular weight is 455 g/mol. The SMILES string of the molecule is COc1ccc(CC2(CCC(=O)N3CCN(Cc4cccnc4)CC3)CCC(=O)N2)c(F)c1. The summed E-state index contributed by atoms with van der Waals surface area (Å²) in [6.45, 7) is 3.84. The smallest absolute Gasteiger partial charge is 0.222 e. The molecule has 1 aromatic carbocycles. The average Bonchev–Trinajstić information content (AvgIpc) is 3.20. The van der Waals surface area contributed by atoms with Gasteiger partial charge in [0.15, 0.2) is 0 Å². The molecule has 2 saturated heterocycles. The van der Waals surface area contributed by atoms with E-state index in [1.54, 1.807) is 18.3 Å². The van der Waals surface area contributed by atoms with E-state index in [0.717, 1.165) is 19.6 Å². The summed E-state index contributed by atoms with van der Waals surface area (Å²) in [5.74, 6) is 0.150. The number of ether oxygens (including phenoxy) is 1. The second kappa shape index (κ2) is 10.3. The van der Waals surface area contributed by atoms with Gasteiger partial charge in [0, 0.05) is 69.6 Å². The van der Waals surface area contributed by atoms with E-state index in [4.69, 9.17) is 4.74 Å². The Morgan fingerprint density at radius 1 is 1.24 bits per heavy atom. The zero-order chi connectivity index (χ0) is 23.3. The van der Waals surface area contributed by atoms with Crippen molar-refractivity contribution in [3.05, 3.63) is 59.7 Å². The van der Waals surface area contributed by atoms with Gasteiger partial charge in [-0.05, 0) is 42.5 Å². The molecule has 0 radical (unpaired) electrons. The molecule has 1 atom stereocenters. The highest BCUT2D eigenvalue weighted by molar-refractivity contribution is 5.80. The molecule has 3 heterocycles. The third kappa shape index (κ3) is 5.87. The minimum atomic E-state index is -0.593. The molecule has 1 unspecified atom stereocenters. The number of rotatable bonds is 8. The van der Waals surface area contributed by atoms with Crippen LogP contribution in [0, 0.1) is 5.82 Å². The van der Waals surface area contributed by atoms with Crippen LogP contribution in [-0.4, -0.2) is 65.4 Å². The van der Waals surface area contributed by atoms with Crippen LogP contribution in [0.15, 0.2) is 42.7 Å². The minimum Gasteiger partial charge on any atom is -0.497 e. The Labute approximate surface area is 193 Å². The van der Waals surface area contributed by atoms with Gasteiger partial charge in [-0.2, -0.15) is 0 Å². The van der Waals surface area contributed by atoms with Crippen molar-refractivity contribution < 1.29 is 18.7 Å². The van der Waals surface area contributed by atoms with Gasteiger partial charge < -0.3 is 15.0 Å². The van der Waals surface area contributed by atoms with E-state index >= 15 is 0 Å². The van der Waals surface area contributed by atoms with E-state index in [9.17, 15) is 14.0 Å². The van der Waals surface area contributed by atoms with Gasteiger partial charge >= 0.3 is 0 Å². The third-order valence-electron chi connectivity index (χ3n) is 6.70. The molecule has 0 aliphatic carbocycles. The van der Waals surface area contributed by atoms with Gasteiger partial charge in [-0.1, -0.05) is 12.1 Å². The molecule has 0 saturated carbocycles. The standard InChI is InChI=1S/C25H31FN4O3/c1-33-21-5-4-20(22(26)15-21)16-25(8-6-23(31)28-25)9-7-24(32)30-13-11-29(12-14-30)18-19-3-2-10-27-17-19/h2-5,10,15,17H,6-9,11-14,16,18H2,1H3,(H,28,31). The van der Waals surface area contributed by atoms with Gasteiger partial charge in [0.25, 0.3) is 0 Å². The number of carbonyl (C=O) groups excluding carboxylic acids is 2. The number of hydrogen-bond acceptors (Lipinski definition) is 5. The molecule has 4 rings (SSSR count). The molecule has 0 spiro atoms. The first-order valence-corrected chi connectivity index (χ1v) is 11.5. The van der Waals surface area contributed by atoms with Gasteiger partial charge in [-0.25, -0.2) is 4.39 Å². The van der Waals surface area contributed by atoms with Crippen molar-refractivity contribution in [3.8, 4) is 5.75 Å². The largest absolute Gasteiger partial charge is 0.497 e. The van der Waals surface area contributed by atoms with Gasteiger partial charge in [0.05, 0.1) is 7.11 Å². The third-order valence-corrected chi connectivity index (χ3v) is 6.70. The molecule has 33 heavy (non-hydrogen) atoms. The molecular weight excluding hydrogens is 423 g/mol. The Hall–Kier alpha value is -3.00. The monoisotopic (exact) mass is 454 g/mol. The lowest BCUT2D eigenvalue weighted by Crippen LogP contribution is -2.49. The number of aromatic nitrogens is 1. The van der Waals surface area contributed by atoms with Crippen LogP contribution in [-0.2, 0) is 22.6 Å². The number of benzene rings is 1. The summed E-state index contributed by atoms with van der Waals surface area (Å²) in [6.07, 6.45) is 5.84. The number of pyridine rings is 1. The van der Waals surface area contributed by atoms with Crippen LogP contribution in [0.3, 0.4) is 0 Å². The first-order chi connectivity index (χ1) is 16.0. The summed E-state index contributed by atoms with van der Waals surface area (Å²) in [6, 6.07) is 8.77. The molecule has 176 valence electrons. The first-order valence-electron chi connectivity index (χ1n) is 11.5. The first kappa shape index (κ1) is 23.2. The number of hydrogen-bond donors (Lipinski definition) is 1. The maximum atomic E-state index is 14.6. The lowest BCUT2D eigenvalue weighted by atomic mass is 9.84. The Balaban J connectivity index is 1.32. The molecule has 2 aliphatic heterocycles. The molecule has 2 amide bonds. The van der Waals surface area contributed by atoms with Crippen LogP contribution >= 0.6 is 0 Å². The second-order valence-electron chi connectivity index (χ2n) is 8.98. The van der Waals surface area contributed by atoms with E-state index in [-0.39, 0.29) is 17.6 Å². The number of amides is 2. The summed E-state index contributed by atoms with van der Waals surface area (Å²) < 4.78 is 19.6. The fourth-order valence-electron chi connectivity index (χ4n) is 4.75. The summed E-state index contributed by atoms with van der Waals surface area (Å²) in [5.41, 5.74) is 1.10. The molecule has 1 aromatic heterocycles. The van der Waals surface area contributed by atoms with Crippen LogP contribution in [0.1, 0.15) is 36.8 Å². The van der Waals surface area contributed by atoms with E-state index in [0.29, 0.717) is 56.5 Å². The molecule has 2 fully saturated rings. The minimum absolute atomic E-state index is 0.0413. The topological polar surface area (TPSA) is 74.8 Å². The lowest BCUT2D eigenvalue weighted by molar-refractivity contribution is -0.133. The Morgan fingerprint density at radius 3 is 2.70 bits per heavy atom. The number of halogens is 1. The highest BCUT2D eigenvalue weighted by Crippen LogP contribution is 2.31. The van der Waals surface area contributed by atoms with E-state index in [2.05, 4.69) is 21.3 Å². The van der Waals surface area contributed by atoms with Gasteiger partial charge in [0.2, 0.25) is 11.8 Å². The van der Waals surface area contributed by atoms with Crippen molar-refractivity contribution in [2.45, 2.75) is 44.2 Å². The normalized spacial score (nSPS) is 21.2. The van der Waals surface area contributed by atoms with Crippen molar-refractivity contribution in [2.75, 3.05) is 33.3 Å². The van der Waals surface area contributed by atoms with Crippen molar-refractivity contribution >= 4 is 11.8 Å². The van der Waals surface area contributed by atoms with Crippen LogP contribution in [0.25, 0.3) is 0 Å². The van der Waals surface area contributed by atoms with Crippen LogP contribution < -0.4 is 10.1 Å². The number of carbonyl (C=O) groups is 2. The Kier molecular flexibility index (Phi) is 7.23. The van der Waals surface area contributed by atoms with Gasteiger partial charge in [-0.3, -0.25) is 19.5 Å². The predicted octanol–water partition coefficient (Wildman–Crippen LogP) is 2.55. The molecule has 1 N–H and O–H groups in total. The molecule has 2 aromatic rings. The van der Waals surface area contributed by atoms with Crippen molar-refractivity contribution in [3.63, 3.8) is 0 Å². The lowest BCUT2D eigenvalue weighted by Gasteiger charge is -2.36. The van der Waals surface area contributed by atoms with Gasteiger partial charge in [0.1, 0.15) is 11.6 Å². The molecule has 2 aliphatic rings. The van der Waals surface area contributed by atoms with Gasteiger partial charge in [-0.15, -0.1) is 0 Å². The highest BCUT2D eigenvalue weighted by Gasteiger charge is 2.39.